The maximum atomic E-state index is 13.3. The third kappa shape index (κ3) is 3.80. The summed E-state index contributed by atoms with van der Waals surface area (Å²) >= 11 is 5.65. The highest BCUT2D eigenvalue weighted by atomic mass is 35.5. The lowest BCUT2D eigenvalue weighted by atomic mass is 10.0. The average Bonchev–Trinajstić information content (AvgIpc) is 2.35. The molecule has 0 spiro atoms. The van der Waals surface area contributed by atoms with E-state index >= 15 is 0 Å². The molecular weight excluding hydrogens is 253 g/mol. The van der Waals surface area contributed by atoms with E-state index in [9.17, 15) is 4.39 Å². The zero-order chi connectivity index (χ0) is 13.0. The number of halogens is 2. The summed E-state index contributed by atoms with van der Waals surface area (Å²) in [6.07, 6.45) is 2.89. The molecule has 0 aromatic heterocycles. The van der Waals surface area contributed by atoms with Crippen LogP contribution in [-0.4, -0.2) is 25.8 Å². The Kier molecular flexibility index (Phi) is 4.75. The monoisotopic (exact) mass is 269 g/mol. The van der Waals surface area contributed by atoms with Crippen LogP contribution in [0.1, 0.15) is 18.9 Å². The van der Waals surface area contributed by atoms with Crippen LogP contribution in [0, 0.1) is 5.82 Å². The van der Waals surface area contributed by atoms with Crippen molar-refractivity contribution < 1.29 is 9.13 Å². The van der Waals surface area contributed by atoms with Crippen LogP contribution in [0.3, 0.4) is 0 Å². The number of ether oxygens (including phenoxy) is 1. The van der Waals surface area contributed by atoms with E-state index in [1.165, 1.54) is 11.6 Å². The summed E-state index contributed by atoms with van der Waals surface area (Å²) in [5, 5.41) is 3.55. The van der Waals surface area contributed by atoms with Gasteiger partial charge in [0.2, 0.25) is 0 Å². The average molecular weight is 270 g/mol. The summed E-state index contributed by atoms with van der Waals surface area (Å²) in [7, 11) is 0. The lowest BCUT2D eigenvalue weighted by Crippen LogP contribution is -2.41. The van der Waals surface area contributed by atoms with Crippen molar-refractivity contribution in [1.29, 1.82) is 0 Å². The summed E-state index contributed by atoms with van der Waals surface area (Å²) in [6, 6.07) is 5.21. The van der Waals surface area contributed by atoms with Crippen molar-refractivity contribution in [3.8, 4) is 0 Å². The van der Waals surface area contributed by atoms with Crippen LogP contribution >= 0.6 is 11.6 Å². The van der Waals surface area contributed by atoms with Gasteiger partial charge in [0.15, 0.2) is 0 Å². The number of morpholine rings is 1. The molecule has 0 saturated carbocycles. The molecule has 0 radical (unpaired) electrons. The number of nitrogens with one attached hydrogen (secondary N) is 1. The van der Waals surface area contributed by atoms with Crippen LogP contribution in [0.25, 0.3) is 6.08 Å². The first-order valence-electron chi connectivity index (χ1n) is 6.08. The topological polar surface area (TPSA) is 21.3 Å². The Balaban J connectivity index is 2.00. The van der Waals surface area contributed by atoms with Crippen molar-refractivity contribution in [3.63, 3.8) is 0 Å². The van der Waals surface area contributed by atoms with E-state index in [-0.39, 0.29) is 10.8 Å². The Hall–Kier alpha value is -0.900. The van der Waals surface area contributed by atoms with Gasteiger partial charge in [-0.25, -0.2) is 4.39 Å². The maximum absolute atomic E-state index is 13.3. The molecule has 4 heteroatoms. The van der Waals surface area contributed by atoms with Gasteiger partial charge in [0.1, 0.15) is 5.82 Å². The van der Waals surface area contributed by atoms with E-state index in [0.717, 1.165) is 31.7 Å². The van der Waals surface area contributed by atoms with Crippen LogP contribution in [0.15, 0.2) is 23.8 Å². The molecule has 1 saturated heterocycles. The Morgan fingerprint density at radius 1 is 1.61 bits per heavy atom. The molecule has 18 heavy (non-hydrogen) atoms. The van der Waals surface area contributed by atoms with Crippen molar-refractivity contribution in [2.45, 2.75) is 19.4 Å². The van der Waals surface area contributed by atoms with E-state index in [4.69, 9.17) is 16.3 Å². The van der Waals surface area contributed by atoms with E-state index in [0.29, 0.717) is 6.04 Å². The lowest BCUT2D eigenvalue weighted by Gasteiger charge is -2.24. The second-order valence-corrected chi connectivity index (χ2v) is 5.00. The molecule has 0 amide bonds. The largest absolute Gasteiger partial charge is 0.379 e. The fraction of sp³-hybridized carbons (Fsp3) is 0.429. The standard InChI is InChI=1S/C14H17ClFNO/c1-10(7-12-9-18-5-4-17-12)6-11-2-3-13(15)14(16)8-11/h2-3,6,8,12,17H,4-5,7,9H2,1H3/b10-6-. The van der Waals surface area contributed by atoms with Crippen molar-refractivity contribution >= 4 is 17.7 Å². The van der Waals surface area contributed by atoms with Gasteiger partial charge in [0.25, 0.3) is 0 Å². The highest BCUT2D eigenvalue weighted by Crippen LogP contribution is 2.18. The predicted molar refractivity (Wildman–Crippen MR) is 72.3 cm³/mol. The maximum Gasteiger partial charge on any atom is 0.142 e. The molecule has 98 valence electrons. The zero-order valence-electron chi connectivity index (χ0n) is 10.4. The summed E-state index contributed by atoms with van der Waals surface area (Å²) < 4.78 is 18.7. The van der Waals surface area contributed by atoms with Crippen LogP contribution in [0.5, 0.6) is 0 Å². The molecule has 0 aliphatic carbocycles. The fourth-order valence-electron chi connectivity index (χ4n) is 2.09. The van der Waals surface area contributed by atoms with E-state index in [1.54, 1.807) is 6.07 Å². The van der Waals surface area contributed by atoms with Gasteiger partial charge in [-0.15, -0.1) is 0 Å². The van der Waals surface area contributed by atoms with E-state index < -0.39 is 0 Å². The van der Waals surface area contributed by atoms with Gasteiger partial charge < -0.3 is 10.1 Å². The second kappa shape index (κ2) is 6.32. The first kappa shape index (κ1) is 13.5. The highest BCUT2D eigenvalue weighted by Gasteiger charge is 2.12. The van der Waals surface area contributed by atoms with Gasteiger partial charge in [0.05, 0.1) is 18.2 Å². The van der Waals surface area contributed by atoms with Gasteiger partial charge in [0, 0.05) is 12.6 Å². The molecule has 1 aliphatic rings. The predicted octanol–water partition coefficient (Wildman–Crippen LogP) is 3.26. The molecule has 1 unspecified atom stereocenters. The van der Waals surface area contributed by atoms with Crippen LogP contribution in [0.2, 0.25) is 5.02 Å². The molecule has 1 aromatic carbocycles. The molecule has 0 bridgehead atoms. The molecule has 1 N–H and O–H groups in total. The smallest absolute Gasteiger partial charge is 0.142 e. The van der Waals surface area contributed by atoms with Crippen LogP contribution in [-0.2, 0) is 4.74 Å². The quantitative estimate of drug-likeness (QED) is 0.909. The molecular formula is C14H17ClFNO. The Morgan fingerprint density at radius 3 is 3.11 bits per heavy atom. The molecule has 2 rings (SSSR count). The van der Waals surface area contributed by atoms with Crippen LogP contribution < -0.4 is 5.32 Å². The van der Waals surface area contributed by atoms with Crippen molar-refractivity contribution in [1.82, 2.24) is 5.32 Å². The molecule has 1 atom stereocenters. The van der Waals surface area contributed by atoms with E-state index in [1.807, 2.05) is 19.1 Å². The Morgan fingerprint density at radius 2 is 2.44 bits per heavy atom. The third-order valence-electron chi connectivity index (χ3n) is 2.92. The summed E-state index contributed by atoms with van der Waals surface area (Å²) in [4.78, 5) is 0. The van der Waals surface area contributed by atoms with Crippen LogP contribution in [0.4, 0.5) is 4.39 Å². The summed E-state index contributed by atoms with van der Waals surface area (Å²) in [5.41, 5.74) is 2.03. The SMILES string of the molecule is C/C(=C/c1ccc(Cl)c(F)c1)CC1COCCN1. The normalized spacial score (nSPS) is 21.1. The molecule has 1 aromatic rings. The Labute approximate surface area is 112 Å². The van der Waals surface area contributed by atoms with Crippen molar-refractivity contribution in [2.75, 3.05) is 19.8 Å². The fourth-order valence-corrected chi connectivity index (χ4v) is 2.20. The van der Waals surface area contributed by atoms with Crippen molar-refractivity contribution in [3.05, 3.63) is 40.2 Å². The second-order valence-electron chi connectivity index (χ2n) is 4.59. The zero-order valence-corrected chi connectivity index (χ0v) is 11.1. The van der Waals surface area contributed by atoms with Gasteiger partial charge in [-0.3, -0.25) is 0 Å². The Bertz CT molecular complexity index is 441. The number of hydrogen-bond donors (Lipinski definition) is 1. The molecule has 1 heterocycles. The molecule has 2 nitrogen and oxygen atoms in total. The van der Waals surface area contributed by atoms with Gasteiger partial charge in [-0.2, -0.15) is 0 Å². The number of hydrogen-bond acceptors (Lipinski definition) is 2. The minimum Gasteiger partial charge on any atom is -0.379 e. The van der Waals surface area contributed by atoms with E-state index in [2.05, 4.69) is 5.32 Å². The first-order chi connectivity index (χ1) is 8.65. The number of rotatable bonds is 3. The minimum atomic E-state index is -0.377. The number of benzene rings is 1. The lowest BCUT2D eigenvalue weighted by molar-refractivity contribution is 0.0771. The molecule has 1 fully saturated rings. The van der Waals surface area contributed by atoms with Gasteiger partial charge in [-0.05, 0) is 31.0 Å². The summed E-state index contributed by atoms with van der Waals surface area (Å²) in [5.74, 6) is -0.377. The van der Waals surface area contributed by atoms with Gasteiger partial charge >= 0.3 is 0 Å². The third-order valence-corrected chi connectivity index (χ3v) is 3.23. The molecule has 1 aliphatic heterocycles. The first-order valence-corrected chi connectivity index (χ1v) is 6.46. The van der Waals surface area contributed by atoms with Gasteiger partial charge in [-0.1, -0.05) is 29.3 Å². The minimum absolute atomic E-state index is 0.159. The summed E-state index contributed by atoms with van der Waals surface area (Å²) in [6.45, 7) is 4.46. The van der Waals surface area contributed by atoms with Crippen molar-refractivity contribution in [2.24, 2.45) is 0 Å². The highest BCUT2D eigenvalue weighted by molar-refractivity contribution is 6.30.